The molecule has 186 valence electrons. The molecule has 2 aromatic carbocycles. The van der Waals surface area contributed by atoms with E-state index in [4.69, 9.17) is 4.74 Å². The maximum Gasteiger partial charge on any atom is 0.407 e. The highest BCUT2D eigenvalue weighted by Gasteiger charge is 2.42. The van der Waals surface area contributed by atoms with Crippen LogP contribution >= 0.6 is 11.8 Å². The molecule has 8 heteroatoms. The summed E-state index contributed by atoms with van der Waals surface area (Å²) in [4.78, 5) is 39.1. The molecule has 0 bridgehead atoms. The third-order valence-electron chi connectivity index (χ3n) is 6.70. The maximum atomic E-state index is 13.3. The number of carboxylic acid groups (broad SMARTS) is 1. The zero-order chi connectivity index (χ0) is 25.1. The molecule has 1 aliphatic carbocycles. The number of nitrogens with one attached hydrogen (secondary N) is 1. The fraction of sp³-hybridized carbons (Fsp3) is 0.444. The number of carbonyl (C=O) groups excluding carboxylic acids is 2. The molecule has 1 heterocycles. The summed E-state index contributed by atoms with van der Waals surface area (Å²) < 4.78 is 5.61. The number of hydrogen-bond acceptors (Lipinski definition) is 5. The number of rotatable bonds is 8. The van der Waals surface area contributed by atoms with Gasteiger partial charge in [0.2, 0.25) is 5.91 Å². The fourth-order valence-corrected chi connectivity index (χ4v) is 6.25. The van der Waals surface area contributed by atoms with Crippen LogP contribution in [0.4, 0.5) is 4.79 Å². The normalized spacial score (nSPS) is 19.8. The summed E-state index contributed by atoms with van der Waals surface area (Å²) in [6.07, 6.45) is -0.0324. The molecule has 7 nitrogen and oxygen atoms in total. The second-order valence-corrected chi connectivity index (χ2v) is 10.9. The van der Waals surface area contributed by atoms with Crippen molar-refractivity contribution in [1.82, 2.24) is 10.2 Å². The molecule has 3 atom stereocenters. The number of carbonyl (C=O) groups is 3. The quantitative estimate of drug-likeness (QED) is 0.556. The summed E-state index contributed by atoms with van der Waals surface area (Å²) in [5.41, 5.74) is 4.58. The van der Waals surface area contributed by atoms with Gasteiger partial charge in [0.25, 0.3) is 0 Å². The molecule has 0 aromatic heterocycles. The van der Waals surface area contributed by atoms with E-state index in [1.165, 1.54) is 16.7 Å². The van der Waals surface area contributed by atoms with Crippen molar-refractivity contribution in [2.45, 2.75) is 44.5 Å². The topological polar surface area (TPSA) is 95.9 Å². The Morgan fingerprint density at radius 2 is 1.69 bits per heavy atom. The average molecular weight is 497 g/mol. The predicted octanol–water partition coefficient (Wildman–Crippen LogP) is 4.56. The summed E-state index contributed by atoms with van der Waals surface area (Å²) in [7, 11) is 0. The lowest BCUT2D eigenvalue weighted by Gasteiger charge is -2.30. The molecule has 1 aliphatic heterocycles. The number of benzene rings is 2. The molecule has 0 spiro atoms. The third-order valence-corrected chi connectivity index (χ3v) is 7.92. The number of hydrogen-bond donors (Lipinski definition) is 2. The number of alkyl carbamates (subject to hydrolysis) is 1. The van der Waals surface area contributed by atoms with Crippen LogP contribution in [0.2, 0.25) is 0 Å². The van der Waals surface area contributed by atoms with Gasteiger partial charge in [-0.3, -0.25) is 4.79 Å². The minimum absolute atomic E-state index is 0.0416. The number of aliphatic carboxylic acids is 1. The first kappa shape index (κ1) is 25.1. The van der Waals surface area contributed by atoms with Gasteiger partial charge < -0.3 is 20.1 Å². The van der Waals surface area contributed by atoms with Crippen LogP contribution in [0.1, 0.15) is 44.2 Å². The van der Waals surface area contributed by atoms with Crippen molar-refractivity contribution in [1.29, 1.82) is 0 Å². The van der Waals surface area contributed by atoms with Crippen molar-refractivity contribution in [3.8, 4) is 11.1 Å². The largest absolute Gasteiger partial charge is 0.480 e. The first-order chi connectivity index (χ1) is 16.8. The van der Waals surface area contributed by atoms with Gasteiger partial charge in [-0.15, -0.1) is 11.8 Å². The number of nitrogens with zero attached hydrogens (tertiary/aromatic N) is 1. The van der Waals surface area contributed by atoms with E-state index in [9.17, 15) is 19.5 Å². The molecule has 2 N–H and O–H groups in total. The second-order valence-electron chi connectivity index (χ2n) is 9.57. The molecule has 4 rings (SSSR count). The van der Waals surface area contributed by atoms with E-state index in [2.05, 4.69) is 29.6 Å². The summed E-state index contributed by atoms with van der Waals surface area (Å²) in [5, 5.41) is 12.1. The Morgan fingerprint density at radius 1 is 1.09 bits per heavy atom. The highest BCUT2D eigenvalue weighted by Crippen LogP contribution is 2.44. The van der Waals surface area contributed by atoms with Crippen molar-refractivity contribution in [2.75, 3.05) is 18.9 Å². The minimum Gasteiger partial charge on any atom is -0.480 e. The van der Waals surface area contributed by atoms with Gasteiger partial charge in [-0.2, -0.15) is 0 Å². The van der Waals surface area contributed by atoms with E-state index in [-0.39, 0.29) is 36.3 Å². The summed E-state index contributed by atoms with van der Waals surface area (Å²) >= 11 is 1.45. The maximum absolute atomic E-state index is 13.3. The van der Waals surface area contributed by atoms with Gasteiger partial charge in [0.15, 0.2) is 0 Å². The number of thioether (sulfide) groups is 1. The lowest BCUT2D eigenvalue weighted by atomic mass is 9.95. The van der Waals surface area contributed by atoms with Crippen LogP contribution in [-0.2, 0) is 14.3 Å². The smallest absolute Gasteiger partial charge is 0.407 e. The van der Waals surface area contributed by atoms with Crippen molar-refractivity contribution in [2.24, 2.45) is 11.8 Å². The average Bonchev–Trinajstić information content (AvgIpc) is 3.38. The number of amides is 2. The van der Waals surface area contributed by atoms with Crippen molar-refractivity contribution >= 4 is 29.7 Å². The Balaban J connectivity index is 1.39. The number of fused-ring (bicyclic) bond motifs is 3. The highest BCUT2D eigenvalue weighted by atomic mass is 32.2. The van der Waals surface area contributed by atoms with Crippen molar-refractivity contribution in [3.63, 3.8) is 0 Å². The van der Waals surface area contributed by atoms with E-state index in [1.54, 1.807) is 0 Å². The van der Waals surface area contributed by atoms with Gasteiger partial charge in [0, 0.05) is 18.2 Å². The van der Waals surface area contributed by atoms with Crippen molar-refractivity contribution in [3.05, 3.63) is 59.7 Å². The predicted molar refractivity (Wildman–Crippen MR) is 136 cm³/mol. The summed E-state index contributed by atoms with van der Waals surface area (Å²) in [6, 6.07) is 15.4. The van der Waals surface area contributed by atoms with Crippen LogP contribution in [-0.4, -0.2) is 58.3 Å². The SMILES string of the molecule is CC(C)CC(CNC(=O)OCC1c2ccccc2-c2ccccc21)C(=O)N1C(C)SCC1C(=O)O. The summed E-state index contributed by atoms with van der Waals surface area (Å²) in [6.45, 7) is 6.16. The molecule has 0 radical (unpaired) electrons. The Kier molecular flexibility index (Phi) is 7.69. The van der Waals surface area contributed by atoms with Crippen molar-refractivity contribution < 1.29 is 24.2 Å². The Morgan fingerprint density at radius 3 is 2.26 bits per heavy atom. The Labute approximate surface area is 210 Å². The molecule has 0 saturated carbocycles. The van der Waals surface area contributed by atoms with E-state index in [1.807, 2.05) is 45.0 Å². The van der Waals surface area contributed by atoms with Crippen LogP contribution in [0, 0.1) is 11.8 Å². The first-order valence-electron chi connectivity index (χ1n) is 12.0. The molecule has 2 aromatic rings. The van der Waals surface area contributed by atoms with Gasteiger partial charge in [-0.05, 0) is 41.5 Å². The molecular formula is C27H32N2O5S. The summed E-state index contributed by atoms with van der Waals surface area (Å²) in [5.74, 6) is -1.21. The zero-order valence-electron chi connectivity index (χ0n) is 20.3. The Hall–Kier alpha value is -3.00. The van der Waals surface area contributed by atoms with Crippen LogP contribution in [0.15, 0.2) is 48.5 Å². The Bertz CT molecular complexity index is 1060. The third kappa shape index (κ3) is 5.32. The van der Waals surface area contributed by atoms with Crippen LogP contribution in [0.5, 0.6) is 0 Å². The molecular weight excluding hydrogens is 464 g/mol. The van der Waals surface area contributed by atoms with Gasteiger partial charge in [-0.1, -0.05) is 62.4 Å². The monoisotopic (exact) mass is 496 g/mol. The molecule has 1 saturated heterocycles. The fourth-order valence-electron chi connectivity index (χ4n) is 5.07. The standard InChI is InChI=1S/C27H32N2O5S/c1-16(2)12-18(25(30)29-17(3)35-15-24(29)26(31)32)13-28-27(33)34-14-23-21-10-6-4-8-19(21)20-9-5-7-11-22(20)23/h4-11,16-18,23-24H,12-15H2,1-3H3,(H,28,33)(H,31,32). The minimum atomic E-state index is -0.997. The van der Waals surface area contributed by atoms with E-state index in [0.717, 1.165) is 22.3 Å². The van der Waals surface area contributed by atoms with Gasteiger partial charge in [0.1, 0.15) is 12.6 Å². The van der Waals surface area contributed by atoms with E-state index >= 15 is 0 Å². The van der Waals surface area contributed by atoms with Crippen LogP contribution in [0.25, 0.3) is 11.1 Å². The van der Waals surface area contributed by atoms with E-state index in [0.29, 0.717) is 12.2 Å². The van der Waals surface area contributed by atoms with Gasteiger partial charge >= 0.3 is 12.1 Å². The molecule has 3 unspecified atom stereocenters. The van der Waals surface area contributed by atoms with Crippen LogP contribution < -0.4 is 5.32 Å². The number of ether oxygens (including phenoxy) is 1. The van der Waals surface area contributed by atoms with E-state index < -0.39 is 24.0 Å². The van der Waals surface area contributed by atoms with Crippen LogP contribution in [0.3, 0.4) is 0 Å². The first-order valence-corrected chi connectivity index (χ1v) is 13.1. The second kappa shape index (κ2) is 10.7. The highest BCUT2D eigenvalue weighted by molar-refractivity contribution is 8.00. The lowest BCUT2D eigenvalue weighted by Crippen LogP contribution is -2.49. The van der Waals surface area contributed by atoms with Gasteiger partial charge in [-0.25, -0.2) is 9.59 Å². The molecule has 2 amide bonds. The molecule has 1 fully saturated rings. The molecule has 2 aliphatic rings. The zero-order valence-corrected chi connectivity index (χ0v) is 21.1. The van der Waals surface area contributed by atoms with Gasteiger partial charge in [0.05, 0.1) is 11.3 Å². The number of carboxylic acids is 1. The lowest BCUT2D eigenvalue weighted by molar-refractivity contribution is -0.150. The molecule has 35 heavy (non-hydrogen) atoms.